The molecule has 0 atom stereocenters. The van der Waals surface area contributed by atoms with E-state index in [0.29, 0.717) is 49.2 Å². The Morgan fingerprint density at radius 1 is 1.08 bits per heavy atom. The second kappa shape index (κ2) is 7.51. The normalized spacial score (nSPS) is 15.3. The fraction of sp³-hybridized carbons (Fsp3) is 0.294. The highest BCUT2D eigenvalue weighted by molar-refractivity contribution is 6.33. The number of urea groups is 1. The second-order valence-electron chi connectivity index (χ2n) is 5.57. The summed E-state index contributed by atoms with van der Waals surface area (Å²) in [6.07, 6.45) is 1.49. The Morgan fingerprint density at radius 3 is 2.50 bits per heavy atom. The van der Waals surface area contributed by atoms with Gasteiger partial charge in [-0.1, -0.05) is 23.7 Å². The molecule has 0 radical (unpaired) electrons. The van der Waals surface area contributed by atoms with E-state index in [4.69, 9.17) is 16.0 Å². The van der Waals surface area contributed by atoms with Crippen molar-refractivity contribution in [3.8, 4) is 0 Å². The average molecular weight is 348 g/mol. The van der Waals surface area contributed by atoms with Crippen molar-refractivity contribution in [2.75, 3.05) is 38.0 Å². The number of ketones is 1. The third-order valence-electron chi connectivity index (χ3n) is 3.94. The van der Waals surface area contributed by atoms with Crippen molar-refractivity contribution in [1.82, 2.24) is 9.80 Å². The topological polar surface area (TPSA) is 65.8 Å². The van der Waals surface area contributed by atoms with Gasteiger partial charge in [-0.3, -0.25) is 9.69 Å². The minimum atomic E-state index is -0.180. The first kappa shape index (κ1) is 16.5. The molecular formula is C17H18ClN3O3. The van der Waals surface area contributed by atoms with Crippen molar-refractivity contribution in [2.24, 2.45) is 0 Å². The Bertz CT molecular complexity index is 710. The van der Waals surface area contributed by atoms with Gasteiger partial charge in [-0.2, -0.15) is 0 Å². The summed E-state index contributed by atoms with van der Waals surface area (Å²) in [4.78, 5) is 28.1. The summed E-state index contributed by atoms with van der Waals surface area (Å²) in [5.41, 5.74) is 0.597. The van der Waals surface area contributed by atoms with Crippen LogP contribution in [0.1, 0.15) is 10.6 Å². The van der Waals surface area contributed by atoms with Crippen LogP contribution in [-0.2, 0) is 0 Å². The summed E-state index contributed by atoms with van der Waals surface area (Å²) in [6, 6.07) is 10.3. The lowest BCUT2D eigenvalue weighted by atomic mass is 10.2. The van der Waals surface area contributed by atoms with E-state index in [1.54, 1.807) is 29.2 Å². The fourth-order valence-corrected chi connectivity index (χ4v) is 2.77. The molecule has 0 spiro atoms. The lowest BCUT2D eigenvalue weighted by Gasteiger charge is -2.34. The quantitative estimate of drug-likeness (QED) is 0.863. The predicted octanol–water partition coefficient (Wildman–Crippen LogP) is 2.97. The van der Waals surface area contributed by atoms with Gasteiger partial charge in [0, 0.05) is 26.2 Å². The molecule has 7 heteroatoms. The van der Waals surface area contributed by atoms with E-state index >= 15 is 0 Å². The number of para-hydroxylation sites is 1. The lowest BCUT2D eigenvalue weighted by molar-refractivity contribution is 0.0857. The minimum absolute atomic E-state index is 0.0473. The van der Waals surface area contributed by atoms with Crippen molar-refractivity contribution >= 4 is 29.1 Å². The van der Waals surface area contributed by atoms with Crippen molar-refractivity contribution in [1.29, 1.82) is 0 Å². The van der Waals surface area contributed by atoms with E-state index in [0.717, 1.165) is 0 Å². The molecule has 24 heavy (non-hydrogen) atoms. The number of anilines is 1. The monoisotopic (exact) mass is 347 g/mol. The average Bonchev–Trinajstić information content (AvgIpc) is 3.12. The molecule has 1 aromatic carbocycles. The number of carbonyl (C=O) groups excluding carboxylic acids is 2. The van der Waals surface area contributed by atoms with Crippen LogP contribution in [0.2, 0.25) is 5.02 Å². The zero-order valence-corrected chi connectivity index (χ0v) is 13.8. The Labute approximate surface area is 145 Å². The maximum absolute atomic E-state index is 12.3. The summed E-state index contributed by atoms with van der Waals surface area (Å²) in [6.45, 7) is 2.70. The molecule has 3 rings (SSSR count). The molecule has 0 aliphatic carbocycles. The minimum Gasteiger partial charge on any atom is -0.461 e. The van der Waals surface area contributed by atoms with E-state index in [-0.39, 0.29) is 11.8 Å². The molecule has 1 saturated heterocycles. The number of hydrogen-bond donors (Lipinski definition) is 1. The van der Waals surface area contributed by atoms with Gasteiger partial charge in [0.05, 0.1) is 23.5 Å². The summed E-state index contributed by atoms with van der Waals surface area (Å²) >= 11 is 6.05. The maximum Gasteiger partial charge on any atom is 0.321 e. The number of rotatable bonds is 4. The lowest BCUT2D eigenvalue weighted by Crippen LogP contribution is -2.51. The Balaban J connectivity index is 1.49. The van der Waals surface area contributed by atoms with E-state index in [2.05, 4.69) is 5.32 Å². The smallest absolute Gasteiger partial charge is 0.321 e. The van der Waals surface area contributed by atoms with Gasteiger partial charge < -0.3 is 14.6 Å². The van der Waals surface area contributed by atoms with Crippen LogP contribution in [0.5, 0.6) is 0 Å². The number of nitrogens with zero attached hydrogens (tertiary/aromatic N) is 2. The number of nitrogens with one attached hydrogen (secondary N) is 1. The molecular weight excluding hydrogens is 330 g/mol. The van der Waals surface area contributed by atoms with Crippen molar-refractivity contribution in [3.63, 3.8) is 0 Å². The third kappa shape index (κ3) is 3.96. The molecule has 0 unspecified atom stereocenters. The van der Waals surface area contributed by atoms with Crippen LogP contribution in [-0.4, -0.2) is 54.3 Å². The highest BCUT2D eigenvalue weighted by atomic mass is 35.5. The first-order chi connectivity index (χ1) is 11.6. The first-order valence-electron chi connectivity index (χ1n) is 7.73. The molecule has 1 fully saturated rings. The highest BCUT2D eigenvalue weighted by Crippen LogP contribution is 2.21. The Morgan fingerprint density at radius 2 is 1.83 bits per heavy atom. The molecule has 0 saturated carbocycles. The Hall–Kier alpha value is -2.31. The summed E-state index contributed by atoms with van der Waals surface area (Å²) in [7, 11) is 0. The summed E-state index contributed by atoms with van der Waals surface area (Å²) < 4.78 is 5.11. The molecule has 1 aliphatic heterocycles. The summed E-state index contributed by atoms with van der Waals surface area (Å²) in [5, 5.41) is 3.32. The SMILES string of the molecule is O=C(CN1CCN(C(=O)Nc2ccccc2Cl)CC1)c1ccco1. The van der Waals surface area contributed by atoms with Crippen LogP contribution < -0.4 is 5.32 Å². The maximum atomic E-state index is 12.3. The van der Waals surface area contributed by atoms with Crippen LogP contribution in [0.25, 0.3) is 0 Å². The van der Waals surface area contributed by atoms with Gasteiger partial charge in [0.25, 0.3) is 0 Å². The Kier molecular flexibility index (Phi) is 5.17. The van der Waals surface area contributed by atoms with Crippen molar-refractivity contribution in [3.05, 3.63) is 53.4 Å². The van der Waals surface area contributed by atoms with Crippen LogP contribution >= 0.6 is 11.6 Å². The van der Waals surface area contributed by atoms with Crippen LogP contribution in [0.15, 0.2) is 47.1 Å². The van der Waals surface area contributed by atoms with Gasteiger partial charge in [0.2, 0.25) is 5.78 Å². The zero-order valence-electron chi connectivity index (χ0n) is 13.1. The number of piperazine rings is 1. The molecule has 126 valence electrons. The number of halogens is 1. The molecule has 0 bridgehead atoms. The zero-order chi connectivity index (χ0) is 16.9. The molecule has 1 aromatic heterocycles. The molecule has 6 nitrogen and oxygen atoms in total. The fourth-order valence-electron chi connectivity index (χ4n) is 2.58. The molecule has 1 aliphatic rings. The van der Waals surface area contributed by atoms with Gasteiger partial charge in [-0.15, -0.1) is 0 Å². The third-order valence-corrected chi connectivity index (χ3v) is 4.27. The molecule has 2 aromatic rings. The van der Waals surface area contributed by atoms with Crippen LogP contribution in [0.3, 0.4) is 0 Å². The number of Topliss-reactive ketones (excluding diaryl/α,β-unsaturated/α-hetero) is 1. The van der Waals surface area contributed by atoms with Crippen LogP contribution in [0, 0.1) is 0 Å². The van der Waals surface area contributed by atoms with Crippen molar-refractivity contribution < 1.29 is 14.0 Å². The van der Waals surface area contributed by atoms with Gasteiger partial charge in [-0.05, 0) is 24.3 Å². The number of benzene rings is 1. The van der Waals surface area contributed by atoms with E-state index in [1.165, 1.54) is 6.26 Å². The van der Waals surface area contributed by atoms with Gasteiger partial charge in [0.1, 0.15) is 0 Å². The second-order valence-corrected chi connectivity index (χ2v) is 5.98. The van der Waals surface area contributed by atoms with Gasteiger partial charge in [-0.25, -0.2) is 4.79 Å². The standard InChI is InChI=1S/C17H18ClN3O3/c18-13-4-1-2-5-14(13)19-17(23)21-9-7-20(8-10-21)12-15(22)16-6-3-11-24-16/h1-6,11H,7-10,12H2,(H,19,23). The van der Waals surface area contributed by atoms with Crippen molar-refractivity contribution in [2.45, 2.75) is 0 Å². The van der Waals surface area contributed by atoms with Gasteiger partial charge >= 0.3 is 6.03 Å². The van der Waals surface area contributed by atoms with E-state index < -0.39 is 0 Å². The molecule has 2 amide bonds. The largest absolute Gasteiger partial charge is 0.461 e. The molecule has 1 N–H and O–H groups in total. The summed E-state index contributed by atoms with van der Waals surface area (Å²) in [5.74, 6) is 0.322. The van der Waals surface area contributed by atoms with Gasteiger partial charge in [0.15, 0.2) is 5.76 Å². The predicted molar refractivity (Wildman–Crippen MR) is 91.5 cm³/mol. The number of furan rings is 1. The number of hydrogen-bond acceptors (Lipinski definition) is 4. The first-order valence-corrected chi connectivity index (χ1v) is 8.11. The molecule has 2 heterocycles. The van der Waals surface area contributed by atoms with E-state index in [1.807, 2.05) is 17.0 Å². The number of carbonyl (C=O) groups is 2. The van der Waals surface area contributed by atoms with E-state index in [9.17, 15) is 9.59 Å². The van der Waals surface area contributed by atoms with Crippen LogP contribution in [0.4, 0.5) is 10.5 Å². The number of amides is 2. The highest BCUT2D eigenvalue weighted by Gasteiger charge is 2.23.